The molecule has 0 N–H and O–H groups in total. The number of benzene rings is 6. The molecule has 6 aromatic carbocycles. The summed E-state index contributed by atoms with van der Waals surface area (Å²) in [6.45, 7) is 0.903. The number of hydrogen-bond acceptors (Lipinski definition) is 0. The molecule has 0 atom stereocenters. The summed E-state index contributed by atoms with van der Waals surface area (Å²) in [6.07, 6.45) is -5.09. The molecule has 1 heterocycles. The molecule has 7 rings (SSSR count). The maximum Gasteiger partial charge on any atom is 0.212 e. The van der Waals surface area contributed by atoms with Gasteiger partial charge in [-0.1, -0.05) is 46.3 Å². The zero-order valence-electron chi connectivity index (χ0n) is 30.0. The predicted molar refractivity (Wildman–Crippen MR) is 187 cm³/mol. The molecule has 7 aromatic rings. The number of fused-ring (bicyclic) bond motifs is 1. The van der Waals surface area contributed by atoms with Crippen LogP contribution in [0.2, 0.25) is 0 Å². The minimum Gasteiger partial charge on any atom is -0.207 e. The van der Waals surface area contributed by atoms with E-state index in [0.29, 0.717) is 0 Å². The molecule has 1 nitrogen and oxygen atoms in total. The minimum absolute atomic E-state index is 0.903. The largest absolute Gasteiger partial charge is 0.212 e. The third kappa shape index (κ3) is 7.32. The van der Waals surface area contributed by atoms with Crippen LogP contribution >= 0.6 is 15.9 Å². The molecule has 1 aromatic heterocycles. The Morgan fingerprint density at radius 3 is 0.968 bits per heavy atom. The maximum absolute atomic E-state index is 15.4. The van der Waals surface area contributed by atoms with Crippen LogP contribution in [0.5, 0.6) is 0 Å². The number of rotatable bonds is 6. The van der Waals surface area contributed by atoms with Crippen LogP contribution in [0.4, 0.5) is 87.8 Å². The SMILES string of the molecule is Brc1ccc2c(ccc[n+]2Cc2ccccc2)c1.Fc1c(F)c(F)c([B-](c2c(F)c(F)c(F)c(F)c2F)(c2c(F)c(F)c(F)c(F)c2F)c2c(F)c(F)c(F)c(F)c2F)c(F)c1F. The number of pyridine rings is 1. The molecule has 0 saturated heterocycles. The van der Waals surface area contributed by atoms with Gasteiger partial charge in [-0.15, -0.1) is 21.9 Å². The van der Waals surface area contributed by atoms with Crippen LogP contribution in [0.3, 0.4) is 0 Å². The first-order valence-electron chi connectivity index (χ1n) is 16.9. The third-order valence-electron chi connectivity index (χ3n) is 9.74. The Hall–Kier alpha value is -6.13. The lowest BCUT2D eigenvalue weighted by Gasteiger charge is -2.44. The fourth-order valence-electron chi connectivity index (χ4n) is 7.04. The van der Waals surface area contributed by atoms with Gasteiger partial charge in [-0.2, -0.15) is 4.57 Å². The van der Waals surface area contributed by atoms with E-state index in [1.807, 2.05) is 6.07 Å². The van der Waals surface area contributed by atoms with Gasteiger partial charge in [-0.25, -0.2) is 87.8 Å². The molecule has 0 bridgehead atoms. The van der Waals surface area contributed by atoms with Gasteiger partial charge in [0.2, 0.25) is 5.52 Å². The summed E-state index contributed by atoms with van der Waals surface area (Å²) in [7, 11) is 0. The van der Waals surface area contributed by atoms with Crippen molar-refractivity contribution in [2.45, 2.75) is 6.54 Å². The highest BCUT2D eigenvalue weighted by Gasteiger charge is 2.52. The molecule has 0 aliphatic heterocycles. The standard InChI is InChI=1S/C24BF20.C16H13BrN/c26-5-1(6(27)14(35)21(42)13(5)34)25(2-7(28)15(36)22(43)16(37)8(2)29,3-9(30)17(38)23(44)18(39)10(3)31)4-11(32)19(40)24(45)20(41)12(4)33;17-15-8-9-16-14(11-15)7-4-10-18(16)12-13-5-2-1-3-6-13/h;1-11H,12H2/q-1;+1. The Labute approximate surface area is 346 Å². The average molecular weight is 978 g/mol. The van der Waals surface area contributed by atoms with Gasteiger partial charge in [0, 0.05) is 27.6 Å². The van der Waals surface area contributed by atoms with E-state index in [1.54, 1.807) is 0 Å². The third-order valence-corrected chi connectivity index (χ3v) is 10.2. The van der Waals surface area contributed by atoms with Gasteiger partial charge >= 0.3 is 0 Å². The van der Waals surface area contributed by atoms with E-state index in [4.69, 9.17) is 0 Å². The first kappa shape index (κ1) is 46.4. The van der Waals surface area contributed by atoms with Crippen LogP contribution in [0, 0.1) is 116 Å². The highest BCUT2D eigenvalue weighted by Crippen LogP contribution is 2.31. The molecule has 23 heteroatoms. The number of nitrogens with zero attached hydrogens (tertiary/aromatic N) is 1. The second-order valence-electron chi connectivity index (χ2n) is 13.1. The van der Waals surface area contributed by atoms with Crippen LogP contribution in [-0.2, 0) is 6.54 Å². The van der Waals surface area contributed by atoms with E-state index < -0.39 is 144 Å². The van der Waals surface area contributed by atoms with Gasteiger partial charge in [0.15, 0.2) is 82.5 Å². The monoisotopic (exact) mass is 977 g/mol. The van der Waals surface area contributed by atoms with E-state index >= 15 is 35.1 Å². The smallest absolute Gasteiger partial charge is 0.207 e. The van der Waals surface area contributed by atoms with Crippen molar-refractivity contribution in [1.82, 2.24) is 0 Å². The second-order valence-corrected chi connectivity index (χ2v) is 14.0. The molecular weight excluding hydrogens is 965 g/mol. The molecule has 0 unspecified atom stereocenters. The Morgan fingerprint density at radius 1 is 0.349 bits per heavy atom. The fraction of sp³-hybridized carbons (Fsp3) is 0.0250. The molecule has 328 valence electrons. The van der Waals surface area contributed by atoms with Crippen molar-refractivity contribution >= 4 is 54.8 Å². The summed E-state index contributed by atoms with van der Waals surface area (Å²) >= 11 is 3.51. The van der Waals surface area contributed by atoms with Gasteiger partial charge in [0.05, 0.1) is 0 Å². The average Bonchev–Trinajstić information content (AvgIpc) is 3.26. The Kier molecular flexibility index (Phi) is 12.7. The highest BCUT2D eigenvalue weighted by molar-refractivity contribution is 9.10. The Bertz CT molecular complexity index is 2620. The van der Waals surface area contributed by atoms with Crippen LogP contribution in [-0.4, -0.2) is 6.15 Å². The van der Waals surface area contributed by atoms with Crippen LogP contribution in [0.15, 0.2) is 71.3 Å². The molecule has 0 aliphatic rings. The normalized spacial score (nSPS) is 11.6. The molecular formula is C40H13BBrF20N. The lowest BCUT2D eigenvalue weighted by Crippen LogP contribution is -2.81. The van der Waals surface area contributed by atoms with Gasteiger partial charge in [-0.3, -0.25) is 0 Å². The summed E-state index contributed by atoms with van der Waals surface area (Å²) in [5.74, 6) is -71.4. The first-order valence-corrected chi connectivity index (χ1v) is 17.7. The number of aromatic nitrogens is 1. The summed E-state index contributed by atoms with van der Waals surface area (Å²) in [5.41, 5.74) is -11.8. The maximum atomic E-state index is 15.4. The van der Waals surface area contributed by atoms with Crippen molar-refractivity contribution in [3.63, 3.8) is 0 Å². The van der Waals surface area contributed by atoms with E-state index in [1.165, 1.54) is 16.5 Å². The zero-order chi connectivity index (χ0) is 46.7. The summed E-state index contributed by atoms with van der Waals surface area (Å²) in [4.78, 5) is 0. The van der Waals surface area contributed by atoms with Gasteiger partial charge in [-0.05, 0) is 18.2 Å². The van der Waals surface area contributed by atoms with Crippen molar-refractivity contribution in [3.05, 3.63) is 193 Å². The van der Waals surface area contributed by atoms with Crippen molar-refractivity contribution < 1.29 is 92.4 Å². The van der Waals surface area contributed by atoms with Crippen LogP contribution < -0.4 is 26.4 Å². The summed E-state index contributed by atoms with van der Waals surface area (Å²) in [5, 5.41) is 1.25. The van der Waals surface area contributed by atoms with Crippen molar-refractivity contribution in [3.8, 4) is 0 Å². The molecule has 0 radical (unpaired) electrons. The molecule has 0 aliphatic carbocycles. The topological polar surface area (TPSA) is 3.88 Å². The van der Waals surface area contributed by atoms with Crippen LogP contribution in [0.25, 0.3) is 10.9 Å². The highest BCUT2D eigenvalue weighted by atomic mass is 79.9. The molecule has 0 amide bonds. The van der Waals surface area contributed by atoms with E-state index in [-0.39, 0.29) is 0 Å². The predicted octanol–water partition coefficient (Wildman–Crippen LogP) is 9.78. The van der Waals surface area contributed by atoms with Gasteiger partial charge in [0.1, 0.15) is 52.7 Å². The van der Waals surface area contributed by atoms with E-state index in [2.05, 4.69) is 81.3 Å². The van der Waals surface area contributed by atoms with E-state index in [9.17, 15) is 52.7 Å². The first-order chi connectivity index (χ1) is 29.5. The van der Waals surface area contributed by atoms with Gasteiger partial charge < -0.3 is 0 Å². The van der Waals surface area contributed by atoms with Gasteiger partial charge in [0.25, 0.3) is 0 Å². The summed E-state index contributed by atoms with van der Waals surface area (Å²) < 4.78 is 297. The number of hydrogen-bond donors (Lipinski definition) is 0. The molecule has 0 saturated carbocycles. The Balaban J connectivity index is 0.000000302. The summed E-state index contributed by atoms with van der Waals surface area (Å²) in [6, 6.07) is 21.2. The zero-order valence-corrected chi connectivity index (χ0v) is 31.6. The molecule has 0 fully saturated rings. The minimum atomic E-state index is -7.22. The van der Waals surface area contributed by atoms with Crippen molar-refractivity contribution in [2.75, 3.05) is 0 Å². The van der Waals surface area contributed by atoms with Crippen molar-refractivity contribution in [1.29, 1.82) is 0 Å². The quantitative estimate of drug-likeness (QED) is 0.0514. The van der Waals surface area contributed by atoms with E-state index in [0.717, 1.165) is 11.0 Å². The number of halogens is 21. The lowest BCUT2D eigenvalue weighted by molar-refractivity contribution is -0.662. The molecule has 0 spiro atoms. The lowest BCUT2D eigenvalue weighted by atomic mass is 9.12. The van der Waals surface area contributed by atoms with Crippen molar-refractivity contribution in [2.24, 2.45) is 0 Å². The fourth-order valence-corrected chi connectivity index (χ4v) is 7.42. The Morgan fingerprint density at radius 2 is 0.651 bits per heavy atom. The second kappa shape index (κ2) is 17.2. The van der Waals surface area contributed by atoms with Crippen LogP contribution in [0.1, 0.15) is 5.56 Å². The molecule has 63 heavy (non-hydrogen) atoms.